The molecule has 2 fully saturated rings. The van der Waals surface area contributed by atoms with Gasteiger partial charge >= 0.3 is 0 Å². The van der Waals surface area contributed by atoms with E-state index < -0.39 is 5.41 Å². The smallest absolute Gasteiger partial charge is 0.251 e. The van der Waals surface area contributed by atoms with E-state index in [1.54, 1.807) is 30.3 Å². The molecule has 1 aliphatic carbocycles. The summed E-state index contributed by atoms with van der Waals surface area (Å²) in [5.41, 5.74) is 1.46. The van der Waals surface area contributed by atoms with Gasteiger partial charge in [-0.15, -0.1) is 0 Å². The average molecular weight is 606 g/mol. The monoisotopic (exact) mass is 605 g/mol. The predicted molar refractivity (Wildman–Crippen MR) is 176 cm³/mol. The van der Waals surface area contributed by atoms with Crippen LogP contribution >= 0.6 is 0 Å². The van der Waals surface area contributed by atoms with Gasteiger partial charge in [-0.05, 0) is 75.2 Å². The van der Waals surface area contributed by atoms with E-state index in [2.05, 4.69) is 53.1 Å². The molecular weight excluding hydrogens is 554 g/mol. The molecule has 3 aliphatic rings. The number of nitrogens with zero attached hydrogens (tertiary/aromatic N) is 5. The third-order valence-corrected chi connectivity index (χ3v) is 10.0. The lowest BCUT2D eigenvalue weighted by molar-refractivity contribution is -0.127. The van der Waals surface area contributed by atoms with Gasteiger partial charge in [-0.1, -0.05) is 40.5 Å². The van der Waals surface area contributed by atoms with Gasteiger partial charge < -0.3 is 30.1 Å². The van der Waals surface area contributed by atoms with Gasteiger partial charge in [-0.3, -0.25) is 9.59 Å². The molecule has 5 rings (SSSR count). The second-order valence-electron chi connectivity index (χ2n) is 13.7. The van der Waals surface area contributed by atoms with Crippen LogP contribution in [0.3, 0.4) is 0 Å². The Hall–Kier alpha value is -3.40. The number of amides is 2. The van der Waals surface area contributed by atoms with Gasteiger partial charge in [0.25, 0.3) is 5.91 Å². The number of hydrogen-bond acceptors (Lipinski definition) is 8. The molecule has 0 radical (unpaired) electrons. The second-order valence-corrected chi connectivity index (χ2v) is 13.7. The summed E-state index contributed by atoms with van der Waals surface area (Å²) >= 11 is 0. The number of nitrogens with one attached hydrogen (secondary N) is 2. The van der Waals surface area contributed by atoms with Crippen LogP contribution in [-0.4, -0.2) is 79.6 Å². The number of rotatable bonds is 11. The third kappa shape index (κ3) is 6.65. The first kappa shape index (κ1) is 32.0. The lowest BCUT2D eigenvalue weighted by atomic mass is 9.80. The van der Waals surface area contributed by atoms with E-state index in [-0.39, 0.29) is 17.2 Å². The van der Waals surface area contributed by atoms with Crippen LogP contribution in [0.1, 0.15) is 89.4 Å². The van der Waals surface area contributed by atoms with Crippen molar-refractivity contribution in [2.24, 2.45) is 10.8 Å². The quantitative estimate of drug-likeness (QED) is 0.341. The minimum absolute atomic E-state index is 0.0206. The minimum Gasteiger partial charge on any atom is -0.495 e. The molecule has 2 N–H and O–H groups in total. The zero-order valence-corrected chi connectivity index (χ0v) is 27.5. The number of aromatic nitrogens is 2. The maximum Gasteiger partial charge on any atom is 0.251 e. The first-order chi connectivity index (χ1) is 21.1. The lowest BCUT2D eigenvalue weighted by Crippen LogP contribution is -2.48. The number of benzene rings is 1. The second kappa shape index (κ2) is 13.3. The number of carbonyl (C=O) groups is 2. The topological polar surface area (TPSA) is 103 Å². The number of anilines is 4. The van der Waals surface area contributed by atoms with Gasteiger partial charge in [0.1, 0.15) is 11.4 Å². The fourth-order valence-electron chi connectivity index (χ4n) is 7.18. The molecule has 44 heavy (non-hydrogen) atoms. The van der Waals surface area contributed by atoms with Crippen LogP contribution in [0.25, 0.3) is 0 Å². The van der Waals surface area contributed by atoms with E-state index in [0.717, 1.165) is 56.8 Å². The van der Waals surface area contributed by atoms with E-state index in [9.17, 15) is 9.59 Å². The van der Waals surface area contributed by atoms with Crippen LogP contribution in [0, 0.1) is 10.8 Å². The number of ether oxygens (including phenoxy) is 1. The molecule has 1 aromatic heterocycles. The van der Waals surface area contributed by atoms with Gasteiger partial charge in [0, 0.05) is 38.3 Å². The van der Waals surface area contributed by atoms with Crippen molar-refractivity contribution in [3.63, 3.8) is 0 Å². The Morgan fingerprint density at radius 3 is 2.48 bits per heavy atom. The van der Waals surface area contributed by atoms with Crippen molar-refractivity contribution in [3.8, 4) is 5.75 Å². The van der Waals surface area contributed by atoms with E-state index >= 15 is 0 Å². The Kier molecular flexibility index (Phi) is 9.68. The Morgan fingerprint density at radius 2 is 1.82 bits per heavy atom. The fraction of sp³-hybridized carbons (Fsp3) is 0.647. The number of likely N-dealkylation sites (tertiary alicyclic amines) is 1. The molecule has 10 nitrogen and oxygen atoms in total. The van der Waals surface area contributed by atoms with E-state index in [1.807, 2.05) is 13.1 Å². The Labute approximate surface area is 262 Å². The van der Waals surface area contributed by atoms with Crippen molar-refractivity contribution in [1.82, 2.24) is 20.2 Å². The SMILES string of the molecule is CCC1(CC)CN(C2CCCC2)c2nc(Nc3ccc(C(=O)NCC(C)(C)CN4CCCC4)cc3OC)ncc2N(C)C1=O. The lowest BCUT2D eigenvalue weighted by Gasteiger charge is -2.37. The van der Waals surface area contributed by atoms with Gasteiger partial charge in [0.05, 0.1) is 24.4 Å². The van der Waals surface area contributed by atoms with Crippen LogP contribution in [0.5, 0.6) is 5.75 Å². The highest BCUT2D eigenvalue weighted by molar-refractivity contribution is 6.01. The van der Waals surface area contributed by atoms with E-state index in [0.29, 0.717) is 42.1 Å². The first-order valence-electron chi connectivity index (χ1n) is 16.5. The van der Waals surface area contributed by atoms with E-state index in [4.69, 9.17) is 9.72 Å². The zero-order chi connectivity index (χ0) is 31.5. The third-order valence-electron chi connectivity index (χ3n) is 10.0. The van der Waals surface area contributed by atoms with Crippen molar-refractivity contribution in [2.45, 2.75) is 85.1 Å². The summed E-state index contributed by atoms with van der Waals surface area (Å²) < 4.78 is 5.70. The van der Waals surface area contributed by atoms with Crippen LogP contribution < -0.4 is 25.2 Å². The highest BCUT2D eigenvalue weighted by atomic mass is 16.5. The molecule has 0 atom stereocenters. The summed E-state index contributed by atoms with van der Waals surface area (Å²) in [7, 11) is 3.44. The molecule has 10 heteroatoms. The highest BCUT2D eigenvalue weighted by Crippen LogP contribution is 2.43. The van der Waals surface area contributed by atoms with E-state index in [1.165, 1.54) is 25.7 Å². The van der Waals surface area contributed by atoms with Crippen LogP contribution in [0.2, 0.25) is 0 Å². The first-order valence-corrected chi connectivity index (χ1v) is 16.5. The van der Waals surface area contributed by atoms with Crippen LogP contribution in [-0.2, 0) is 4.79 Å². The molecule has 1 saturated heterocycles. The molecule has 2 aliphatic heterocycles. The van der Waals surface area contributed by atoms with Crippen molar-refractivity contribution < 1.29 is 14.3 Å². The molecule has 0 unspecified atom stereocenters. The molecule has 2 amide bonds. The van der Waals surface area contributed by atoms with Crippen molar-refractivity contribution in [2.75, 3.05) is 62.0 Å². The highest BCUT2D eigenvalue weighted by Gasteiger charge is 2.45. The van der Waals surface area contributed by atoms with Crippen LogP contribution in [0.15, 0.2) is 24.4 Å². The molecule has 0 bridgehead atoms. The average Bonchev–Trinajstić information content (AvgIpc) is 3.74. The molecule has 0 spiro atoms. The normalized spacial score (nSPS) is 19.2. The molecule has 1 saturated carbocycles. The van der Waals surface area contributed by atoms with Gasteiger partial charge in [-0.25, -0.2) is 4.98 Å². The number of fused-ring (bicyclic) bond motifs is 1. The molecule has 3 heterocycles. The number of hydrogen-bond donors (Lipinski definition) is 2. The van der Waals surface area contributed by atoms with Crippen LogP contribution in [0.4, 0.5) is 23.1 Å². The number of carbonyl (C=O) groups excluding carboxylic acids is 2. The molecule has 240 valence electrons. The van der Waals surface area contributed by atoms with Gasteiger partial charge in [0.15, 0.2) is 5.82 Å². The Bertz CT molecular complexity index is 1330. The van der Waals surface area contributed by atoms with Crippen molar-refractivity contribution >= 4 is 35.0 Å². The maximum absolute atomic E-state index is 13.8. The summed E-state index contributed by atoms with van der Waals surface area (Å²) in [6.45, 7) is 13.1. The van der Waals surface area contributed by atoms with Gasteiger partial charge in [0.2, 0.25) is 11.9 Å². The summed E-state index contributed by atoms with van der Waals surface area (Å²) in [5.74, 6) is 1.75. The van der Waals surface area contributed by atoms with Crippen molar-refractivity contribution in [1.29, 1.82) is 0 Å². The largest absolute Gasteiger partial charge is 0.495 e. The molecule has 2 aromatic rings. The number of methoxy groups -OCH3 is 1. The van der Waals surface area contributed by atoms with Gasteiger partial charge in [-0.2, -0.15) is 4.98 Å². The van der Waals surface area contributed by atoms with Crippen molar-refractivity contribution in [3.05, 3.63) is 30.0 Å². The summed E-state index contributed by atoms with van der Waals surface area (Å²) in [6, 6.07) is 5.73. The Balaban J connectivity index is 1.35. The minimum atomic E-state index is -0.464. The summed E-state index contributed by atoms with van der Waals surface area (Å²) in [5, 5.41) is 6.45. The zero-order valence-electron chi connectivity index (χ0n) is 27.5. The molecule has 1 aromatic carbocycles. The summed E-state index contributed by atoms with van der Waals surface area (Å²) in [4.78, 5) is 43.1. The standard InChI is InChI=1S/C34H51N7O3/c1-7-34(8-2)23-41(25-13-9-10-14-25)29-27(39(5)31(34)43)20-35-32(38-29)37-26-16-15-24(19-28(26)44-6)30(42)36-21-33(3,4)22-40-17-11-12-18-40/h15-16,19-20,25H,7-14,17-18,21-23H2,1-6H3,(H,36,42)(H,35,37,38). The molecular formula is C34H51N7O3. The summed E-state index contributed by atoms with van der Waals surface area (Å²) in [6.07, 6.45) is 10.4. The fourth-order valence-corrected chi connectivity index (χ4v) is 7.18. The Morgan fingerprint density at radius 1 is 1.11 bits per heavy atom. The predicted octanol–water partition coefficient (Wildman–Crippen LogP) is 5.61. The maximum atomic E-state index is 13.8.